The van der Waals surface area contributed by atoms with Crippen molar-refractivity contribution >= 4 is 10.4 Å². The van der Waals surface area contributed by atoms with Crippen molar-refractivity contribution in [2.75, 3.05) is 0 Å². The van der Waals surface area contributed by atoms with E-state index in [9.17, 15) is 0 Å². The van der Waals surface area contributed by atoms with Gasteiger partial charge in [0.05, 0.1) is 10.8 Å². The maximum atomic E-state index is 8.52. The fourth-order valence-electron chi connectivity index (χ4n) is 0. The monoisotopic (exact) mass is 248 g/mol. The fraction of sp³-hybridized carbons (Fsp3) is 0. The summed E-state index contributed by atoms with van der Waals surface area (Å²) in [6.07, 6.45) is 0. The van der Waals surface area contributed by atoms with Crippen LogP contribution in [-0.4, -0.2) is 17.5 Å². The summed E-state index contributed by atoms with van der Waals surface area (Å²) in [5.41, 5.74) is 0. The van der Waals surface area contributed by atoms with E-state index in [1.54, 1.807) is 0 Å². The van der Waals surface area contributed by atoms with E-state index < -0.39 is 21.2 Å². The predicted octanol–water partition coefficient (Wildman–Crippen LogP) is -13.9. The van der Waals surface area contributed by atoms with Gasteiger partial charge in [-0.25, -0.2) is 0 Å². The topological polar surface area (TPSA) is 149 Å². The van der Waals surface area contributed by atoms with Crippen LogP contribution in [0.15, 0.2) is 0 Å². The van der Waals surface area contributed by atoms with E-state index >= 15 is 0 Å². The summed E-state index contributed by atoms with van der Waals surface area (Å²) in [6.45, 7) is 0. The molecule has 12 heteroatoms. The molecule has 0 bridgehead atoms. The van der Waals surface area contributed by atoms with Crippen molar-refractivity contribution in [1.82, 2.24) is 0 Å². The molecule has 0 aliphatic rings. The molecule has 0 unspecified atom stereocenters. The van der Waals surface area contributed by atoms with Crippen LogP contribution in [0, 0.1) is 10.8 Å². The average molecular weight is 248 g/mol. The second-order valence-electron chi connectivity index (χ2n) is 0.597. The number of rotatable bonds is 0. The van der Waals surface area contributed by atoms with Gasteiger partial charge in [-0.05, 0) is 0 Å². The van der Waals surface area contributed by atoms with E-state index in [2.05, 4.69) is 0 Å². The number of halogens is 1. The standard InChI is InChI=1S/ClO3.3Na.H2O4S/c2-1(3)4;;;;1-5(2,3)4/h;;;;(H2,1,2,3,4)/q-1;3*+1;/p-2. The van der Waals surface area contributed by atoms with E-state index in [0.717, 1.165) is 0 Å². The molecular weight excluding hydrogens is 248 g/mol. The van der Waals surface area contributed by atoms with Gasteiger partial charge in [0.2, 0.25) is 0 Å². The SMILES string of the molecule is O=S(=O)([O-])[O-].[Na+].[Na+].[Na+].[O-][Cl+2]([O-])[O-]. The molecule has 0 saturated heterocycles. The zero-order valence-electron chi connectivity index (χ0n) is 6.64. The predicted molar refractivity (Wildman–Crippen MR) is 10.5 cm³/mol. The van der Waals surface area contributed by atoms with E-state index in [4.69, 9.17) is 31.5 Å². The summed E-state index contributed by atoms with van der Waals surface area (Å²) in [7, 11) is -8.02. The molecular formula is ClNa3O7S. The molecule has 0 rings (SSSR count). The van der Waals surface area contributed by atoms with E-state index in [-0.39, 0.29) is 88.7 Å². The molecule has 0 aliphatic carbocycles. The van der Waals surface area contributed by atoms with Crippen molar-refractivity contribution in [1.29, 1.82) is 0 Å². The summed E-state index contributed by atoms with van der Waals surface area (Å²) in [6, 6.07) is 0. The van der Waals surface area contributed by atoms with Crippen LogP contribution in [-0.2, 0) is 10.4 Å². The Morgan fingerprint density at radius 1 is 0.833 bits per heavy atom. The largest absolute Gasteiger partial charge is 1.00 e. The molecule has 0 aromatic carbocycles. The Hall–Kier alpha value is 3.04. The molecule has 58 valence electrons. The average Bonchev–Trinajstić information content (AvgIpc) is 1.19. The normalized spacial score (nSPS) is 7.83. The summed E-state index contributed by atoms with van der Waals surface area (Å²) in [4.78, 5) is 0. The van der Waals surface area contributed by atoms with Crippen molar-refractivity contribution in [3.8, 4) is 0 Å². The van der Waals surface area contributed by atoms with Crippen molar-refractivity contribution in [2.45, 2.75) is 0 Å². The Labute approximate surface area is 139 Å². The van der Waals surface area contributed by atoms with Gasteiger partial charge in [-0.2, -0.15) is 0 Å². The van der Waals surface area contributed by atoms with Crippen LogP contribution in [0.5, 0.6) is 0 Å². The number of hydrogen-bond donors (Lipinski definition) is 0. The van der Waals surface area contributed by atoms with Gasteiger partial charge in [0.15, 0.2) is 0 Å². The number of hydrogen-bond acceptors (Lipinski definition) is 7. The smallest absolute Gasteiger partial charge is 0.759 e. The molecule has 0 aromatic rings. The van der Waals surface area contributed by atoms with Gasteiger partial charge < -0.3 is 23.1 Å². The molecule has 0 aliphatic heterocycles. The second kappa shape index (κ2) is 16.5. The van der Waals surface area contributed by atoms with Gasteiger partial charge in [-0.3, -0.25) is 8.42 Å². The molecule has 0 radical (unpaired) electrons. The Morgan fingerprint density at radius 2 is 0.833 bits per heavy atom. The summed E-state index contributed by atoms with van der Waals surface area (Å²) in [5, 5.41) is 0. The third-order valence-corrected chi connectivity index (χ3v) is 0. The maximum Gasteiger partial charge on any atom is 1.00 e. The van der Waals surface area contributed by atoms with Gasteiger partial charge in [0.1, 0.15) is 0 Å². The van der Waals surface area contributed by atoms with Crippen molar-refractivity contribution in [2.24, 2.45) is 0 Å². The Bertz CT molecular complexity index is 130. The summed E-state index contributed by atoms with van der Waals surface area (Å²) >= 11 is 0. The van der Waals surface area contributed by atoms with Crippen LogP contribution < -0.4 is 103 Å². The van der Waals surface area contributed by atoms with Crippen LogP contribution in [0.3, 0.4) is 0 Å². The van der Waals surface area contributed by atoms with Crippen LogP contribution in [0.1, 0.15) is 0 Å². The zero-order valence-corrected chi connectivity index (χ0v) is 14.2. The molecule has 0 spiro atoms. The Balaban J connectivity index is -0.0000000221. The molecule has 7 nitrogen and oxygen atoms in total. The van der Waals surface area contributed by atoms with Gasteiger partial charge in [0.25, 0.3) is 0 Å². The first-order valence-corrected chi connectivity index (χ1v) is 3.39. The van der Waals surface area contributed by atoms with Crippen molar-refractivity contribution < 1.29 is 131 Å². The van der Waals surface area contributed by atoms with E-state index in [0.29, 0.717) is 0 Å². The summed E-state index contributed by atoms with van der Waals surface area (Å²) in [5.74, 6) is 0. The van der Waals surface area contributed by atoms with Gasteiger partial charge in [-0.15, -0.1) is 0 Å². The minimum Gasteiger partial charge on any atom is -0.759 e. The fourth-order valence-corrected chi connectivity index (χ4v) is 0. The molecule has 0 fully saturated rings. The van der Waals surface area contributed by atoms with Gasteiger partial charge >= 0.3 is 88.7 Å². The molecule has 0 amide bonds. The molecule has 0 saturated carbocycles. The Kier molecular flexibility index (Phi) is 40.4. The molecule has 0 N–H and O–H groups in total. The first kappa shape index (κ1) is 29.4. The minimum atomic E-state index is -5.17. The van der Waals surface area contributed by atoms with Gasteiger partial charge in [-0.1, -0.05) is 0 Å². The minimum absolute atomic E-state index is 0. The third kappa shape index (κ3) is 205. The molecule has 0 heterocycles. The third-order valence-electron chi connectivity index (χ3n) is 0. The van der Waals surface area contributed by atoms with E-state index in [1.807, 2.05) is 0 Å². The Morgan fingerprint density at radius 3 is 0.833 bits per heavy atom. The maximum absolute atomic E-state index is 8.52. The molecule has 0 atom stereocenters. The van der Waals surface area contributed by atoms with Crippen LogP contribution >= 0.6 is 0 Å². The molecule has 12 heavy (non-hydrogen) atoms. The van der Waals surface area contributed by atoms with Crippen molar-refractivity contribution in [3.63, 3.8) is 0 Å². The van der Waals surface area contributed by atoms with Crippen LogP contribution in [0.2, 0.25) is 0 Å². The second-order valence-corrected chi connectivity index (χ2v) is 1.79. The van der Waals surface area contributed by atoms with Gasteiger partial charge in [0, 0.05) is 10.4 Å². The molecule has 0 aromatic heterocycles. The zero-order chi connectivity index (χ0) is 8.08. The summed E-state index contributed by atoms with van der Waals surface area (Å²) < 4.78 is 59.3. The first-order chi connectivity index (χ1) is 3.73. The van der Waals surface area contributed by atoms with E-state index in [1.165, 1.54) is 0 Å². The first-order valence-electron chi connectivity index (χ1n) is 1.13. The van der Waals surface area contributed by atoms with Crippen LogP contribution in [0.25, 0.3) is 0 Å². The van der Waals surface area contributed by atoms with Crippen molar-refractivity contribution in [3.05, 3.63) is 0 Å². The van der Waals surface area contributed by atoms with Crippen LogP contribution in [0.4, 0.5) is 0 Å². The quantitative estimate of drug-likeness (QED) is 0.234.